The molecule has 108 valence electrons. The minimum atomic E-state index is -0.158. The third-order valence-electron chi connectivity index (χ3n) is 3.19. The van der Waals surface area contributed by atoms with Gasteiger partial charge >= 0.3 is 5.69 Å². The average Bonchev–Trinajstić information content (AvgIpc) is 2.72. The predicted octanol–water partition coefficient (Wildman–Crippen LogP) is 2.33. The van der Waals surface area contributed by atoms with Crippen LogP contribution in [-0.4, -0.2) is 15.6 Å². The molecule has 2 rings (SSSR count). The maximum absolute atomic E-state index is 12.3. The molecule has 0 unspecified atom stereocenters. The first-order chi connectivity index (χ1) is 9.49. The van der Waals surface area contributed by atoms with Crippen LogP contribution in [-0.2, 0) is 6.54 Å². The second-order valence-corrected chi connectivity index (χ2v) is 5.80. The van der Waals surface area contributed by atoms with Crippen LogP contribution < -0.4 is 15.2 Å². The Bertz CT molecular complexity index is 725. The zero-order valence-corrected chi connectivity index (χ0v) is 13.0. The lowest BCUT2D eigenvalue weighted by molar-refractivity contribution is 0.414. The van der Waals surface area contributed by atoms with Gasteiger partial charge in [0.2, 0.25) is 4.80 Å². The number of benzene rings is 1. The lowest BCUT2D eigenvalue weighted by Gasteiger charge is -2.14. The van der Waals surface area contributed by atoms with Crippen molar-refractivity contribution in [3.05, 3.63) is 39.0 Å². The van der Waals surface area contributed by atoms with Gasteiger partial charge in [-0.05, 0) is 48.1 Å². The van der Waals surface area contributed by atoms with Gasteiger partial charge in [0.25, 0.3) is 0 Å². The minimum Gasteiger partial charge on any atom is -0.497 e. The highest BCUT2D eigenvalue weighted by Gasteiger charge is 2.15. The number of methoxy groups -OCH3 is 1. The number of nitrogens with zero attached hydrogens (tertiary/aromatic N) is 2. The molecular formula is C14H19N3O2S. The number of hydrogen-bond acceptors (Lipinski definition) is 4. The molecule has 0 aliphatic carbocycles. The lowest BCUT2D eigenvalue weighted by Crippen LogP contribution is -2.28. The summed E-state index contributed by atoms with van der Waals surface area (Å²) in [7, 11) is 1.62. The summed E-state index contributed by atoms with van der Waals surface area (Å²) in [6.07, 6.45) is 0. The Balaban J connectivity index is 2.73. The van der Waals surface area contributed by atoms with E-state index >= 15 is 0 Å². The number of rotatable bonds is 4. The molecule has 6 heteroatoms. The first kappa shape index (κ1) is 14.6. The molecule has 0 saturated heterocycles. The second-order valence-electron chi connectivity index (χ2n) is 4.79. The monoisotopic (exact) mass is 293 g/mol. The molecule has 0 spiro atoms. The number of nitrogens with one attached hydrogen (secondary N) is 1. The lowest BCUT2D eigenvalue weighted by atomic mass is 10.0. The fraction of sp³-hybridized carbons (Fsp3) is 0.429. The number of aromatic nitrogens is 2. The molecule has 5 nitrogen and oxygen atoms in total. The van der Waals surface area contributed by atoms with Gasteiger partial charge < -0.3 is 4.74 Å². The Labute approximate surface area is 121 Å². The van der Waals surface area contributed by atoms with E-state index in [0.29, 0.717) is 6.54 Å². The highest BCUT2D eigenvalue weighted by molar-refractivity contribution is 7.03. The molecule has 0 aliphatic heterocycles. The van der Waals surface area contributed by atoms with Crippen molar-refractivity contribution in [1.29, 1.82) is 5.41 Å². The van der Waals surface area contributed by atoms with Gasteiger partial charge in [-0.25, -0.2) is 13.3 Å². The van der Waals surface area contributed by atoms with Crippen LogP contribution in [0.3, 0.4) is 0 Å². The summed E-state index contributed by atoms with van der Waals surface area (Å²) in [5, 5.41) is 8.04. The topological polar surface area (TPSA) is 60.0 Å². The molecule has 1 aromatic carbocycles. The molecule has 0 amide bonds. The van der Waals surface area contributed by atoms with Crippen molar-refractivity contribution < 1.29 is 4.74 Å². The number of hydrogen-bond donors (Lipinski definition) is 1. The Kier molecular flexibility index (Phi) is 4.13. The zero-order chi connectivity index (χ0) is 14.9. The van der Waals surface area contributed by atoms with Crippen molar-refractivity contribution in [3.8, 4) is 11.4 Å². The Hall–Kier alpha value is -1.82. The third kappa shape index (κ3) is 2.43. The number of aryl methyl sites for hydroxylation is 1. The molecule has 0 bridgehead atoms. The van der Waals surface area contributed by atoms with E-state index in [9.17, 15) is 4.79 Å². The molecule has 20 heavy (non-hydrogen) atoms. The highest BCUT2D eigenvalue weighted by atomic mass is 32.1. The van der Waals surface area contributed by atoms with Gasteiger partial charge in [0.1, 0.15) is 5.75 Å². The maximum Gasteiger partial charge on any atom is 0.344 e. The summed E-state index contributed by atoms with van der Waals surface area (Å²) in [5.41, 5.74) is 1.61. The van der Waals surface area contributed by atoms with Crippen molar-refractivity contribution in [2.45, 2.75) is 33.2 Å². The van der Waals surface area contributed by atoms with E-state index in [0.717, 1.165) is 17.0 Å². The number of ether oxygens (including phenoxy) is 1. The summed E-state index contributed by atoms with van der Waals surface area (Å²) in [6, 6.07) is 5.60. The van der Waals surface area contributed by atoms with Crippen molar-refractivity contribution in [2.75, 3.05) is 7.11 Å². The van der Waals surface area contributed by atoms with Crippen LogP contribution in [0.4, 0.5) is 0 Å². The fourth-order valence-electron chi connectivity index (χ4n) is 2.12. The minimum absolute atomic E-state index is 0.158. The highest BCUT2D eigenvalue weighted by Crippen LogP contribution is 2.26. The Morgan fingerprint density at radius 2 is 2.10 bits per heavy atom. The van der Waals surface area contributed by atoms with Crippen molar-refractivity contribution in [1.82, 2.24) is 8.52 Å². The SMILES string of the molecule is CCn1sc(=N)n(-c2ccc(OC)cc2C(C)C)c1=O. The van der Waals surface area contributed by atoms with Gasteiger partial charge in [0, 0.05) is 6.54 Å². The van der Waals surface area contributed by atoms with E-state index in [1.807, 2.05) is 25.1 Å². The summed E-state index contributed by atoms with van der Waals surface area (Å²) in [5.74, 6) is 0.997. The van der Waals surface area contributed by atoms with Crippen LogP contribution in [0.1, 0.15) is 32.3 Å². The van der Waals surface area contributed by atoms with Gasteiger partial charge in [-0.3, -0.25) is 5.41 Å². The molecular weight excluding hydrogens is 274 g/mol. The Morgan fingerprint density at radius 3 is 2.60 bits per heavy atom. The van der Waals surface area contributed by atoms with E-state index in [4.69, 9.17) is 10.1 Å². The van der Waals surface area contributed by atoms with Crippen LogP contribution in [0.15, 0.2) is 23.0 Å². The summed E-state index contributed by atoms with van der Waals surface area (Å²) >= 11 is 1.17. The standard InChI is InChI=1S/C14H19N3O2S/c1-5-16-14(18)17(13(15)20-16)12-7-6-10(19-4)8-11(12)9(2)3/h6-9,15H,5H2,1-4H3. The van der Waals surface area contributed by atoms with Crippen LogP contribution in [0, 0.1) is 5.41 Å². The zero-order valence-electron chi connectivity index (χ0n) is 12.1. The molecule has 0 atom stereocenters. The largest absolute Gasteiger partial charge is 0.497 e. The van der Waals surface area contributed by atoms with Crippen molar-refractivity contribution in [3.63, 3.8) is 0 Å². The predicted molar refractivity (Wildman–Crippen MR) is 80.1 cm³/mol. The second kappa shape index (κ2) is 5.66. The molecule has 0 radical (unpaired) electrons. The quantitative estimate of drug-likeness (QED) is 0.940. The molecule has 0 saturated carbocycles. The average molecular weight is 293 g/mol. The maximum atomic E-state index is 12.3. The van der Waals surface area contributed by atoms with Crippen LogP contribution in [0.5, 0.6) is 5.75 Å². The molecule has 1 heterocycles. The smallest absolute Gasteiger partial charge is 0.344 e. The molecule has 1 N–H and O–H groups in total. The van der Waals surface area contributed by atoms with Crippen molar-refractivity contribution >= 4 is 11.5 Å². The van der Waals surface area contributed by atoms with Crippen LogP contribution in [0.2, 0.25) is 0 Å². The Morgan fingerprint density at radius 1 is 1.40 bits per heavy atom. The fourth-order valence-corrected chi connectivity index (χ4v) is 2.88. The van der Waals surface area contributed by atoms with Gasteiger partial charge in [-0.2, -0.15) is 0 Å². The van der Waals surface area contributed by atoms with Gasteiger partial charge in [0.05, 0.1) is 12.8 Å². The molecule has 1 aromatic heterocycles. The van der Waals surface area contributed by atoms with E-state index in [-0.39, 0.29) is 16.4 Å². The molecule has 0 fully saturated rings. The van der Waals surface area contributed by atoms with E-state index in [1.165, 1.54) is 16.1 Å². The molecule has 2 aromatic rings. The van der Waals surface area contributed by atoms with E-state index in [2.05, 4.69) is 13.8 Å². The summed E-state index contributed by atoms with van der Waals surface area (Å²) in [4.78, 5) is 12.6. The first-order valence-electron chi connectivity index (χ1n) is 6.55. The van der Waals surface area contributed by atoms with E-state index < -0.39 is 0 Å². The van der Waals surface area contributed by atoms with Crippen molar-refractivity contribution in [2.24, 2.45) is 0 Å². The van der Waals surface area contributed by atoms with Crippen LogP contribution in [0.25, 0.3) is 5.69 Å². The summed E-state index contributed by atoms with van der Waals surface area (Å²) in [6.45, 7) is 6.61. The first-order valence-corrected chi connectivity index (χ1v) is 7.33. The normalized spacial score (nSPS) is 11.1. The van der Waals surface area contributed by atoms with Gasteiger partial charge in [-0.1, -0.05) is 13.8 Å². The molecule has 0 aliphatic rings. The van der Waals surface area contributed by atoms with Gasteiger partial charge in [-0.15, -0.1) is 0 Å². The van der Waals surface area contributed by atoms with Gasteiger partial charge in [0.15, 0.2) is 0 Å². The van der Waals surface area contributed by atoms with E-state index in [1.54, 1.807) is 11.1 Å². The summed E-state index contributed by atoms with van der Waals surface area (Å²) < 4.78 is 8.29. The van der Waals surface area contributed by atoms with Crippen LogP contribution >= 0.6 is 11.5 Å². The third-order valence-corrected chi connectivity index (χ3v) is 4.18.